The number of hydrogen-bond acceptors (Lipinski definition) is 14. The lowest BCUT2D eigenvalue weighted by Gasteiger charge is -2.29. The van der Waals surface area contributed by atoms with Gasteiger partial charge < -0.3 is 68.6 Å². The molecule has 76 heavy (non-hydrogen) atoms. The quantitative estimate of drug-likeness (QED) is 0.0286. The summed E-state index contributed by atoms with van der Waals surface area (Å²) in [5.41, 5.74) is 8.50. The van der Waals surface area contributed by atoms with Crippen LogP contribution in [-0.4, -0.2) is 154 Å². The summed E-state index contributed by atoms with van der Waals surface area (Å²) in [5, 5.41) is 53.4. The fraction of sp³-hybridized carbons (Fsp3) is 0.440. The van der Waals surface area contributed by atoms with E-state index in [1.807, 2.05) is 24.3 Å². The Kier molecular flexibility index (Phi) is 25.3. The first-order valence-electron chi connectivity index (χ1n) is 24.5. The molecule has 1 aromatic heterocycles. The molecule has 0 spiro atoms. The molecular weight excluding hydrogens is 1250 g/mol. The minimum Gasteiger partial charge on any atom is -0.394 e. The minimum atomic E-state index is -1.69. The Balaban J connectivity index is 1.60. The van der Waals surface area contributed by atoms with Gasteiger partial charge in [0.25, 0.3) is 0 Å². The van der Waals surface area contributed by atoms with Crippen LogP contribution in [0.2, 0.25) is 0 Å². The van der Waals surface area contributed by atoms with Gasteiger partial charge in [-0.1, -0.05) is 100 Å². The zero-order valence-electron chi connectivity index (χ0n) is 41.7. The fourth-order valence-electron chi connectivity index (χ4n) is 8.02. The number of para-hydroxylation sites is 1. The van der Waals surface area contributed by atoms with E-state index in [2.05, 4.69) is 47.5 Å². The van der Waals surface area contributed by atoms with Gasteiger partial charge in [-0.3, -0.25) is 33.6 Å². The van der Waals surface area contributed by atoms with Crippen LogP contribution >= 0.6 is 67.3 Å². The molecule has 0 saturated carbocycles. The van der Waals surface area contributed by atoms with Crippen molar-refractivity contribution in [3.63, 3.8) is 0 Å². The molecule has 0 bridgehead atoms. The number of aliphatic hydroxyl groups is 3. The molecule has 1 saturated heterocycles. The largest absolute Gasteiger partial charge is 0.394 e. The number of nitrogens with two attached hydrogens (primary N) is 1. The molecule has 4 aromatic rings. The van der Waals surface area contributed by atoms with Crippen molar-refractivity contribution in [3.05, 3.63) is 108 Å². The van der Waals surface area contributed by atoms with Crippen LogP contribution in [0.3, 0.4) is 0 Å². The van der Waals surface area contributed by atoms with Crippen molar-refractivity contribution in [2.24, 2.45) is 5.73 Å². The SMILES string of the molecule is CC(O)[C@@H]1NC(=O)[C@H](CCCCN)NC(=O)[C@@H](Cc2c[nH]c3ccccc23)NC(=O)[C@H](Cc2ccccc2)NC(=O)[C@@H](NC(=O)[C@@H](Cc2ccccc2)NC(=O)N(I)I)CSSC[C@@H](C(=O)N[C@H](CO)C(C)O)NC1=O. The molecule has 1 aliphatic rings. The number of rotatable bonds is 18. The average Bonchev–Trinajstić information content (AvgIpc) is 3.81. The second-order valence-electron chi connectivity index (χ2n) is 18.1. The molecule has 10 atom stereocenters. The number of unbranched alkanes of at least 4 members (excludes halogenated alkanes) is 1. The van der Waals surface area contributed by atoms with E-state index >= 15 is 0 Å². The van der Waals surface area contributed by atoms with Crippen LogP contribution in [0.5, 0.6) is 0 Å². The zero-order chi connectivity index (χ0) is 55.3. The van der Waals surface area contributed by atoms with E-state index in [9.17, 15) is 53.7 Å². The molecule has 2 unspecified atom stereocenters. The summed E-state index contributed by atoms with van der Waals surface area (Å²) in [7, 11) is 1.99. The number of urea groups is 1. The lowest BCUT2D eigenvalue weighted by Crippen LogP contribution is -2.62. The van der Waals surface area contributed by atoms with Gasteiger partial charge in [-0.25, -0.2) is 6.12 Å². The minimum absolute atomic E-state index is 0.0154. The van der Waals surface area contributed by atoms with Crippen LogP contribution in [-0.2, 0) is 52.8 Å². The number of benzene rings is 3. The number of aromatic nitrogens is 1. The van der Waals surface area contributed by atoms with E-state index in [0.717, 1.165) is 32.5 Å². The lowest BCUT2D eigenvalue weighted by molar-refractivity contribution is -0.136. The van der Waals surface area contributed by atoms with Crippen molar-refractivity contribution in [3.8, 4) is 0 Å². The molecule has 1 aliphatic heterocycles. The molecule has 22 nitrogen and oxygen atoms in total. The summed E-state index contributed by atoms with van der Waals surface area (Å²) in [6.45, 7) is 2.17. The number of aliphatic hydroxyl groups excluding tert-OH is 3. The molecule has 0 radical (unpaired) electrons. The molecule has 3 aromatic carbocycles. The number of nitrogens with one attached hydrogen (secondary N) is 9. The number of hydrogen-bond donors (Lipinski definition) is 13. The van der Waals surface area contributed by atoms with Crippen LogP contribution in [0.25, 0.3) is 10.9 Å². The number of aromatic amines is 1. The summed E-state index contributed by atoms with van der Waals surface area (Å²) < 4.78 is 1.19. The topological polar surface area (TPSA) is 339 Å². The van der Waals surface area contributed by atoms with Gasteiger partial charge >= 0.3 is 6.03 Å². The summed E-state index contributed by atoms with van der Waals surface area (Å²) in [5.74, 6) is -6.39. The standard InChI is InChI=1S/C50H65I2N11O11S2/c1-28(65)39(25-64)58-48(72)41-27-76-75-26-40(59-45(69)37(61-50(74)63(51)52)22-31-15-7-4-8-16-31)47(71)56-36(21-30-13-5-3-6-14-30)44(68)57-38(23-32-24-54-34-18-10-9-17-33(32)34)46(70)55-35(19-11-12-20-53)43(67)62-42(29(2)66)49(73)60-41/h3-10,13-18,24,28-29,35-42,54,64-66H,11-12,19-23,25-27,53H2,1-2H3,(H,55,70)(H,56,71)(H,57,68)(H,58,72)(H,59,69)(H,60,73)(H,61,74)(H,62,67)/t28?,29?,35-,36-,37+,38+,39+,40-,41-,42-/m0/s1. The number of halogens is 2. The Labute approximate surface area is 475 Å². The number of nitrogens with zero attached hydrogens (tertiary/aromatic N) is 1. The third kappa shape index (κ3) is 19.0. The number of carbonyl (C=O) groups excluding carboxylic acids is 8. The highest BCUT2D eigenvalue weighted by Crippen LogP contribution is 2.25. The Morgan fingerprint density at radius 1 is 0.724 bits per heavy atom. The Morgan fingerprint density at radius 3 is 1.95 bits per heavy atom. The summed E-state index contributed by atoms with van der Waals surface area (Å²) in [6, 6.07) is 13.3. The highest BCUT2D eigenvalue weighted by Gasteiger charge is 2.37. The normalized spacial score (nSPS) is 22.0. The van der Waals surface area contributed by atoms with Crippen molar-refractivity contribution >= 4 is 126 Å². The van der Waals surface area contributed by atoms with Gasteiger partial charge in [-0.2, -0.15) is 0 Å². The Morgan fingerprint density at radius 2 is 1.32 bits per heavy atom. The predicted molar refractivity (Wildman–Crippen MR) is 306 cm³/mol. The second kappa shape index (κ2) is 31.2. The average molecular weight is 1310 g/mol. The molecule has 5 rings (SSSR count). The zero-order valence-corrected chi connectivity index (χ0v) is 47.7. The first-order valence-corrected chi connectivity index (χ1v) is 28.9. The van der Waals surface area contributed by atoms with Crippen LogP contribution in [0, 0.1) is 0 Å². The smallest absolute Gasteiger partial charge is 0.336 e. The van der Waals surface area contributed by atoms with Crippen LogP contribution in [0.4, 0.5) is 4.79 Å². The van der Waals surface area contributed by atoms with Gasteiger partial charge in [-0.15, -0.1) is 0 Å². The van der Waals surface area contributed by atoms with Crippen LogP contribution in [0.1, 0.15) is 49.8 Å². The van der Waals surface area contributed by atoms with Gasteiger partial charge in [0.05, 0.1) is 70.6 Å². The third-order valence-electron chi connectivity index (χ3n) is 12.3. The molecular formula is C50H65I2N11O11S2. The van der Waals surface area contributed by atoms with Crippen molar-refractivity contribution in [2.45, 2.75) is 113 Å². The van der Waals surface area contributed by atoms with Crippen LogP contribution in [0.15, 0.2) is 91.1 Å². The number of fused-ring (bicyclic) bond motifs is 1. The molecule has 9 amide bonds. The molecule has 2 heterocycles. The van der Waals surface area contributed by atoms with Crippen molar-refractivity contribution in [2.75, 3.05) is 24.7 Å². The maximum Gasteiger partial charge on any atom is 0.336 e. The Hall–Kier alpha value is -5.24. The van der Waals surface area contributed by atoms with E-state index in [1.54, 1.807) is 113 Å². The molecule has 14 N–H and O–H groups in total. The van der Waals surface area contributed by atoms with Crippen molar-refractivity contribution in [1.29, 1.82) is 0 Å². The monoisotopic (exact) mass is 1310 g/mol. The second-order valence-corrected chi connectivity index (χ2v) is 24.4. The fourth-order valence-corrected chi connectivity index (χ4v) is 10.6. The summed E-state index contributed by atoms with van der Waals surface area (Å²) in [6.07, 6.45) is -0.452. The first-order chi connectivity index (χ1) is 36.4. The summed E-state index contributed by atoms with van der Waals surface area (Å²) >= 11 is 3.48. The highest BCUT2D eigenvalue weighted by atomic mass is 127. The lowest BCUT2D eigenvalue weighted by atomic mass is 10.0. The molecule has 0 aliphatic carbocycles. The van der Waals surface area contributed by atoms with Gasteiger partial charge in [0.15, 0.2) is 0 Å². The maximum absolute atomic E-state index is 14.9. The van der Waals surface area contributed by atoms with Gasteiger partial charge in [0.2, 0.25) is 41.4 Å². The van der Waals surface area contributed by atoms with E-state index < -0.39 is 115 Å². The maximum atomic E-state index is 14.9. The van der Waals surface area contributed by atoms with E-state index in [4.69, 9.17) is 5.73 Å². The molecule has 412 valence electrons. The van der Waals surface area contributed by atoms with Crippen molar-refractivity contribution < 1.29 is 53.7 Å². The highest BCUT2D eigenvalue weighted by molar-refractivity contribution is 14.2. The van der Waals surface area contributed by atoms with E-state index in [-0.39, 0.29) is 43.7 Å². The van der Waals surface area contributed by atoms with E-state index in [1.165, 1.54) is 15.2 Å². The van der Waals surface area contributed by atoms with Crippen molar-refractivity contribution in [1.82, 2.24) is 48.8 Å². The number of H-pyrrole nitrogens is 1. The van der Waals surface area contributed by atoms with E-state index in [0.29, 0.717) is 29.5 Å². The molecule has 1 fully saturated rings. The number of carbonyl (C=O) groups is 8. The van der Waals surface area contributed by atoms with Gasteiger partial charge in [0, 0.05) is 47.9 Å². The number of amides is 9. The predicted octanol–water partition coefficient (Wildman–Crippen LogP) is 0.948. The Bertz CT molecular complexity index is 2590. The molecule has 26 heteroatoms. The summed E-state index contributed by atoms with van der Waals surface area (Å²) in [4.78, 5) is 117. The first kappa shape index (κ1) is 61.6. The van der Waals surface area contributed by atoms with Gasteiger partial charge in [-0.05, 0) is 62.4 Å². The third-order valence-corrected chi connectivity index (χ3v) is 15.6. The van der Waals surface area contributed by atoms with Gasteiger partial charge in [0.1, 0.15) is 42.3 Å². The van der Waals surface area contributed by atoms with Crippen LogP contribution < -0.4 is 48.3 Å².